The van der Waals surface area contributed by atoms with Gasteiger partial charge in [-0.3, -0.25) is 14.4 Å². The van der Waals surface area contributed by atoms with E-state index in [1.807, 2.05) is 0 Å². The number of carboxylic acids is 4. The van der Waals surface area contributed by atoms with Crippen LogP contribution >= 0.6 is 0 Å². The summed E-state index contributed by atoms with van der Waals surface area (Å²) in [6.07, 6.45) is -6.71. The molecule has 0 aromatic rings. The van der Waals surface area contributed by atoms with E-state index in [9.17, 15) is 14.4 Å². The minimum Gasteiger partial charge on any atom is -0.652 e. The van der Waals surface area contributed by atoms with Gasteiger partial charge >= 0.3 is 85.2 Å². The van der Waals surface area contributed by atoms with Crippen molar-refractivity contribution >= 4 is 73.9 Å². The molecule has 0 aromatic heterocycles. The van der Waals surface area contributed by atoms with Crippen molar-refractivity contribution < 1.29 is 104 Å². The Balaban J connectivity index is -0.0000000655. The second-order valence-electron chi connectivity index (χ2n) is 3.51. The summed E-state index contributed by atoms with van der Waals surface area (Å²) in [5.74, 6) is -5.85. The molecule has 0 rings (SSSR count). The van der Waals surface area contributed by atoms with Crippen LogP contribution in [0.3, 0.4) is 0 Å². The van der Waals surface area contributed by atoms with Gasteiger partial charge in [0.05, 0.1) is 12.8 Å². The van der Waals surface area contributed by atoms with Gasteiger partial charge in [0.15, 0.2) is 5.60 Å². The van der Waals surface area contributed by atoms with Gasteiger partial charge in [-0.25, -0.2) is 4.79 Å². The number of aliphatic hydroxyl groups is 1. The van der Waals surface area contributed by atoms with Crippen molar-refractivity contribution in [2.45, 2.75) is 25.4 Å². The smallest absolute Gasteiger partial charge is 0.652 e. The van der Waals surface area contributed by atoms with E-state index in [4.69, 9.17) is 60.3 Å². The molecule has 0 spiro atoms. The van der Waals surface area contributed by atoms with Crippen molar-refractivity contribution in [3.05, 3.63) is 0 Å². The van der Waals surface area contributed by atoms with Crippen molar-refractivity contribution in [3.8, 4) is 0 Å². The predicted octanol–water partition coefficient (Wildman–Crippen LogP) is -8.09. The van der Waals surface area contributed by atoms with Gasteiger partial charge in [0.25, 0.3) is 5.97 Å². The van der Waals surface area contributed by atoms with Crippen LogP contribution < -0.4 is 44.9 Å². The summed E-state index contributed by atoms with van der Waals surface area (Å²) < 4.78 is 0. The Morgan fingerprint density at radius 1 is 0.778 bits per heavy atom. The first-order valence-electron chi connectivity index (χ1n) is 5.34. The molecule has 0 fully saturated rings. The topological polar surface area (TPSA) is 293 Å². The van der Waals surface area contributed by atoms with Gasteiger partial charge in [0.2, 0.25) is 6.16 Å². The normalized spacial score (nSPS) is 7.93. The third-order valence-corrected chi connectivity index (χ3v) is 1.29. The van der Waals surface area contributed by atoms with Gasteiger partial charge < -0.3 is 55.5 Å². The van der Waals surface area contributed by atoms with Crippen LogP contribution in [0.4, 0.5) is 9.59 Å². The Morgan fingerprint density at radius 2 is 0.926 bits per heavy atom. The minimum atomic E-state index is -2.74. The molecule has 0 atom stereocenters. The summed E-state index contributed by atoms with van der Waals surface area (Å²) in [6, 6.07) is 0. The maximum atomic E-state index is 10.3. The molecule has 0 aliphatic rings. The number of carbonyl (C=O) groups excluding carboxylic acids is 1. The number of carboxylic acid groups (broad SMARTS) is 8. The summed E-state index contributed by atoms with van der Waals surface area (Å²) >= 11 is 0. The van der Waals surface area contributed by atoms with Crippen LogP contribution in [0.15, 0.2) is 0 Å². The van der Waals surface area contributed by atoms with Gasteiger partial charge in [-0.15, -0.1) is 0 Å². The fourth-order valence-electron chi connectivity index (χ4n) is 0.714. The molecule has 0 aromatic carbocycles. The Kier molecular flexibility index (Phi) is 33.9. The van der Waals surface area contributed by atoms with Crippen LogP contribution in [0, 0.1) is 0 Å². The molecular formula is C10H13CaNaO15. The Bertz CT molecular complexity index is 434. The van der Waals surface area contributed by atoms with Gasteiger partial charge in [0.1, 0.15) is 0 Å². The molecule has 27 heavy (non-hydrogen) atoms. The fourth-order valence-corrected chi connectivity index (χ4v) is 0.714. The molecule has 6 N–H and O–H groups in total. The molecule has 0 unspecified atom stereocenters. The molecule has 0 aliphatic carbocycles. The van der Waals surface area contributed by atoms with Gasteiger partial charge in [-0.05, 0) is 6.16 Å². The molecule has 17 heteroatoms. The van der Waals surface area contributed by atoms with Crippen LogP contribution in [-0.4, -0.2) is 110 Å². The molecule has 0 aliphatic heterocycles. The zero-order valence-corrected chi connectivity index (χ0v) is 18.2. The largest absolute Gasteiger partial charge is 2.00 e. The van der Waals surface area contributed by atoms with Crippen molar-refractivity contribution in [3.63, 3.8) is 0 Å². The number of rotatable bonds is 5. The fraction of sp³-hybridized carbons (Fsp3) is 0.400. The average Bonchev–Trinajstić information content (AvgIpc) is 2.22. The monoisotopic (exact) mass is 436 g/mol. The molecule has 0 saturated heterocycles. The molecule has 0 bridgehead atoms. The van der Waals surface area contributed by atoms with Crippen molar-refractivity contribution in [2.24, 2.45) is 0 Å². The zero-order chi connectivity index (χ0) is 21.4. The predicted molar refractivity (Wildman–Crippen MR) is 69.6 cm³/mol. The Labute approximate surface area is 202 Å². The molecule has 0 saturated carbocycles. The van der Waals surface area contributed by atoms with E-state index in [0.29, 0.717) is 0 Å². The van der Waals surface area contributed by atoms with Crippen LogP contribution in [0.2, 0.25) is 0 Å². The summed E-state index contributed by atoms with van der Waals surface area (Å²) in [4.78, 5) is 56.3. The van der Waals surface area contributed by atoms with Gasteiger partial charge in [-0.1, -0.05) is 0 Å². The third kappa shape index (κ3) is 58.9. The minimum absolute atomic E-state index is 0. The summed E-state index contributed by atoms with van der Waals surface area (Å²) in [7, 11) is 0. The molecule has 0 heterocycles. The van der Waals surface area contributed by atoms with Crippen LogP contribution in [-0.2, 0) is 19.2 Å². The number of hydrogen-bond donors (Lipinski definition) is 6. The van der Waals surface area contributed by atoms with E-state index in [1.165, 1.54) is 0 Å². The second-order valence-corrected chi connectivity index (χ2v) is 3.51. The molecular weight excluding hydrogens is 423 g/mol. The second kappa shape index (κ2) is 22.7. The van der Waals surface area contributed by atoms with E-state index in [1.54, 1.807) is 0 Å². The number of hydrogen-bond acceptors (Lipinski definition) is 10. The first-order chi connectivity index (χ1) is 11.0. The van der Waals surface area contributed by atoms with E-state index >= 15 is 0 Å². The van der Waals surface area contributed by atoms with E-state index in [0.717, 1.165) is 6.92 Å². The van der Waals surface area contributed by atoms with Crippen LogP contribution in [0.1, 0.15) is 19.8 Å². The maximum absolute atomic E-state index is 10.3. The Hall–Kier alpha value is -1.36. The molecule has 0 radical (unpaired) electrons. The third-order valence-electron chi connectivity index (χ3n) is 1.29. The SMILES string of the molecule is CC(=O)O.O=C(O)CC(O)(CC(=O)O)C(=O)O.O=C([O-])O.O=C([O-])[O-].[Ca+2].[Na+]. The van der Waals surface area contributed by atoms with Crippen LogP contribution in [0.25, 0.3) is 0 Å². The molecule has 15 nitrogen and oxygen atoms in total. The van der Waals surface area contributed by atoms with E-state index in [2.05, 4.69) is 0 Å². The van der Waals surface area contributed by atoms with Gasteiger partial charge in [0, 0.05) is 6.92 Å². The number of aliphatic carboxylic acids is 4. The summed E-state index contributed by atoms with van der Waals surface area (Å²) in [6.45, 7) is 1.08. The van der Waals surface area contributed by atoms with Crippen LogP contribution in [0.5, 0.6) is 0 Å². The van der Waals surface area contributed by atoms with Crippen molar-refractivity contribution in [1.82, 2.24) is 0 Å². The van der Waals surface area contributed by atoms with E-state index < -0.39 is 54.6 Å². The zero-order valence-electron chi connectivity index (χ0n) is 14.0. The first-order valence-corrected chi connectivity index (χ1v) is 5.34. The Morgan fingerprint density at radius 3 is 1.00 bits per heavy atom. The van der Waals surface area contributed by atoms with Gasteiger partial charge in [-0.2, -0.15) is 0 Å². The summed E-state index contributed by atoms with van der Waals surface area (Å²) in [5, 5.41) is 73.2. The number of carbonyl (C=O) groups is 6. The maximum Gasteiger partial charge on any atom is 2.00 e. The van der Waals surface area contributed by atoms with E-state index in [-0.39, 0.29) is 67.3 Å². The quantitative estimate of drug-likeness (QED) is 0.218. The standard InChI is InChI=1S/C6H8O7.C2H4O2.2CH2O3.Ca.Na/c7-3(8)1-6(13,5(11)12)2-4(9)10;1-2(3)4;2*2-1(3)4;;/h13H,1-2H2,(H,7,8)(H,9,10)(H,11,12);1H3,(H,3,4);2*(H2,2,3,4);;/q;;;;+2;+1/p-3. The average molecular weight is 436 g/mol. The first kappa shape index (κ1) is 40.4. The van der Waals surface area contributed by atoms with Crippen molar-refractivity contribution in [1.29, 1.82) is 0 Å². The summed E-state index contributed by atoms with van der Waals surface area (Å²) in [5.41, 5.74) is -2.74. The molecule has 146 valence electrons. The molecule has 0 amide bonds. The van der Waals surface area contributed by atoms with Crippen molar-refractivity contribution in [2.75, 3.05) is 0 Å².